The molecule has 1 rings (SSSR count). The van der Waals surface area contributed by atoms with E-state index in [0.717, 1.165) is 32.2 Å². The highest BCUT2D eigenvalue weighted by atomic mass is 28.3. The van der Waals surface area contributed by atoms with Crippen LogP contribution in [0, 0.1) is 0 Å². The van der Waals surface area contributed by atoms with Crippen LogP contribution < -0.4 is 4.57 Å². The van der Waals surface area contributed by atoms with Gasteiger partial charge in [-0.25, -0.2) is 0 Å². The molecule has 0 aliphatic heterocycles. The summed E-state index contributed by atoms with van der Waals surface area (Å²) in [6.07, 6.45) is 1.15. The summed E-state index contributed by atoms with van der Waals surface area (Å²) in [5, 5.41) is 0. The molecule has 0 aliphatic carbocycles. The maximum atomic E-state index is 5.91. The molecule has 5 heteroatoms. The molecule has 3 nitrogen and oxygen atoms in total. The molecule has 0 bridgehead atoms. The Morgan fingerprint density at radius 2 is 1.33 bits per heavy atom. The molecule has 1 aromatic carbocycles. The third-order valence-corrected chi connectivity index (χ3v) is 15.1. The highest BCUT2D eigenvalue weighted by Crippen LogP contribution is 2.45. The first-order valence-electron chi connectivity index (χ1n) is 10.9. The van der Waals surface area contributed by atoms with Crippen LogP contribution in [0.15, 0.2) is 30.3 Å². The van der Waals surface area contributed by atoms with Crippen molar-refractivity contribution in [2.75, 3.05) is 24.3 Å². The van der Waals surface area contributed by atoms with Crippen molar-refractivity contribution in [2.45, 2.75) is 84.5 Å². The molecule has 0 saturated carbocycles. The molecule has 0 saturated heterocycles. The van der Waals surface area contributed by atoms with Crippen LogP contribution in [0.1, 0.15) is 61.8 Å². The van der Waals surface area contributed by atoms with Gasteiger partial charge in [0.25, 0.3) is 0 Å². The third kappa shape index (κ3) is 6.18. The van der Waals surface area contributed by atoms with Gasteiger partial charge in [0, 0.05) is 25.4 Å². The Morgan fingerprint density at radius 3 is 1.74 bits per heavy atom. The van der Waals surface area contributed by atoms with E-state index in [4.69, 9.17) is 8.85 Å². The first kappa shape index (κ1) is 24.4. The molecule has 0 aliphatic rings. The lowest BCUT2D eigenvalue weighted by Gasteiger charge is -2.52. The van der Waals surface area contributed by atoms with Crippen molar-refractivity contribution < 1.29 is 8.85 Å². The lowest BCUT2D eigenvalue weighted by atomic mass is 10.3. The number of para-hydroxylation sites is 1. The summed E-state index contributed by atoms with van der Waals surface area (Å²) in [6, 6.07) is 12.2. The lowest BCUT2D eigenvalue weighted by molar-refractivity contribution is 0.213. The number of anilines is 1. The topological polar surface area (TPSA) is 21.7 Å². The summed E-state index contributed by atoms with van der Waals surface area (Å²) < 4.78 is 14.6. The van der Waals surface area contributed by atoms with Gasteiger partial charge in [-0.1, -0.05) is 59.7 Å². The Balaban J connectivity index is 3.13. The van der Waals surface area contributed by atoms with E-state index in [1.54, 1.807) is 0 Å². The van der Waals surface area contributed by atoms with Crippen molar-refractivity contribution in [1.29, 1.82) is 0 Å². The minimum atomic E-state index is -1.74. The highest BCUT2D eigenvalue weighted by Gasteiger charge is 2.48. The van der Waals surface area contributed by atoms with Gasteiger partial charge in [0.2, 0.25) is 0 Å². The van der Waals surface area contributed by atoms with Crippen LogP contribution >= 0.6 is 0 Å². The second-order valence-corrected chi connectivity index (χ2v) is 16.2. The molecule has 1 aromatic rings. The number of hydrogen-bond donors (Lipinski definition) is 0. The van der Waals surface area contributed by atoms with Gasteiger partial charge in [-0.15, -0.1) is 0 Å². The molecule has 0 heterocycles. The molecule has 0 atom stereocenters. The molecule has 0 fully saturated rings. The smallest absolute Gasteiger partial charge is 0.321 e. The van der Waals surface area contributed by atoms with Crippen LogP contribution in [0.5, 0.6) is 0 Å². The van der Waals surface area contributed by atoms with E-state index in [2.05, 4.69) is 90.3 Å². The van der Waals surface area contributed by atoms with E-state index in [-0.39, 0.29) is 0 Å². The third-order valence-electron chi connectivity index (χ3n) is 5.84. The molecule has 0 radical (unpaired) electrons. The summed E-state index contributed by atoms with van der Waals surface area (Å²) in [7, 11) is -3.27. The zero-order valence-corrected chi connectivity index (χ0v) is 21.2. The van der Waals surface area contributed by atoms with Gasteiger partial charge < -0.3 is 13.4 Å². The zero-order chi connectivity index (χ0) is 20.4. The quantitative estimate of drug-likeness (QED) is 0.354. The van der Waals surface area contributed by atoms with E-state index in [0.29, 0.717) is 16.6 Å². The van der Waals surface area contributed by atoms with Crippen LogP contribution in [-0.4, -0.2) is 37.3 Å². The van der Waals surface area contributed by atoms with Crippen molar-refractivity contribution in [1.82, 2.24) is 0 Å². The highest BCUT2D eigenvalue weighted by molar-refractivity contribution is 6.86. The van der Waals surface area contributed by atoms with Gasteiger partial charge in [0.05, 0.1) is 0 Å². The molecule has 0 N–H and O–H groups in total. The second-order valence-electron chi connectivity index (χ2n) is 8.32. The Morgan fingerprint density at radius 1 is 0.852 bits per heavy atom. The second kappa shape index (κ2) is 12.0. The number of nitrogens with zero attached hydrogens (tertiary/aromatic N) is 1. The average molecular weight is 410 g/mol. The summed E-state index contributed by atoms with van der Waals surface area (Å²) in [5.74, 6) is 0. The van der Waals surface area contributed by atoms with Crippen molar-refractivity contribution in [3.05, 3.63) is 30.3 Å². The first-order chi connectivity index (χ1) is 12.8. The molecular weight excluding hydrogens is 366 g/mol. The summed E-state index contributed by atoms with van der Waals surface area (Å²) in [5.41, 5.74) is 3.49. The van der Waals surface area contributed by atoms with Gasteiger partial charge in [-0.05, 0) is 55.1 Å². The number of benzene rings is 1. The van der Waals surface area contributed by atoms with Crippen molar-refractivity contribution in [2.24, 2.45) is 0 Å². The van der Waals surface area contributed by atoms with Crippen molar-refractivity contribution in [3.63, 3.8) is 0 Å². The number of rotatable bonds is 13. The Bertz CT molecular complexity index is 481. The van der Waals surface area contributed by atoms with Crippen LogP contribution in [-0.2, 0) is 8.85 Å². The molecular formula is C22H43NO2Si2. The average Bonchev–Trinajstić information content (AvgIpc) is 2.61. The summed E-state index contributed by atoms with van der Waals surface area (Å²) in [6.45, 7) is 21.5. The standard InChI is InChI=1S/C22H43NO2Si2/c1-9-24-26(25-10-2)18-14-17-23(22-15-12-11-13-16-22)27(19(3)4,20(5)6)21(7)8/h11-13,15-16,19-21,26H,9-10,14,17-18H2,1-8H3. The Kier molecular flexibility index (Phi) is 10.9. The van der Waals surface area contributed by atoms with Gasteiger partial charge in [-0.2, -0.15) is 0 Å². The fraction of sp³-hybridized carbons (Fsp3) is 0.727. The molecule has 0 spiro atoms. The zero-order valence-electron chi connectivity index (χ0n) is 19.0. The SMILES string of the molecule is CCO[SiH](CCCN(c1ccccc1)[Si](C(C)C)(C(C)C)C(C)C)OCC. The predicted molar refractivity (Wildman–Crippen MR) is 125 cm³/mol. The van der Waals surface area contributed by atoms with Crippen LogP contribution in [0.25, 0.3) is 0 Å². The van der Waals surface area contributed by atoms with Gasteiger partial charge in [-0.3, -0.25) is 0 Å². The minimum absolute atomic E-state index is 0.699. The van der Waals surface area contributed by atoms with Crippen LogP contribution in [0.4, 0.5) is 5.69 Å². The number of hydrogen-bond acceptors (Lipinski definition) is 3. The monoisotopic (exact) mass is 409 g/mol. The van der Waals surface area contributed by atoms with Crippen LogP contribution in [0.3, 0.4) is 0 Å². The summed E-state index contributed by atoms with van der Waals surface area (Å²) >= 11 is 0. The van der Waals surface area contributed by atoms with E-state index in [1.165, 1.54) is 5.69 Å². The van der Waals surface area contributed by atoms with E-state index >= 15 is 0 Å². The fourth-order valence-electron chi connectivity index (χ4n) is 5.09. The van der Waals surface area contributed by atoms with Gasteiger partial charge in [0.1, 0.15) is 0 Å². The minimum Gasteiger partial charge on any atom is -0.397 e. The van der Waals surface area contributed by atoms with E-state index in [1.807, 2.05) is 0 Å². The van der Waals surface area contributed by atoms with Crippen molar-refractivity contribution in [3.8, 4) is 0 Å². The van der Waals surface area contributed by atoms with Crippen molar-refractivity contribution >= 4 is 23.2 Å². The molecule has 27 heavy (non-hydrogen) atoms. The lowest BCUT2D eigenvalue weighted by Crippen LogP contribution is -2.61. The van der Waals surface area contributed by atoms with Gasteiger partial charge >= 0.3 is 9.28 Å². The molecule has 156 valence electrons. The fourth-order valence-corrected chi connectivity index (χ4v) is 13.8. The van der Waals surface area contributed by atoms with E-state index < -0.39 is 17.5 Å². The normalized spacial score (nSPS) is 12.6. The van der Waals surface area contributed by atoms with Gasteiger partial charge in [0.15, 0.2) is 8.24 Å². The molecule has 0 unspecified atom stereocenters. The largest absolute Gasteiger partial charge is 0.397 e. The first-order valence-corrected chi connectivity index (χ1v) is 14.8. The maximum Gasteiger partial charge on any atom is 0.321 e. The summed E-state index contributed by atoms with van der Waals surface area (Å²) in [4.78, 5) is 0. The Hall–Kier alpha value is -0.626. The maximum absolute atomic E-state index is 5.91. The molecule has 0 amide bonds. The van der Waals surface area contributed by atoms with Crippen LogP contribution in [0.2, 0.25) is 22.7 Å². The Labute approximate surface area is 171 Å². The molecule has 0 aromatic heterocycles. The van der Waals surface area contributed by atoms with E-state index in [9.17, 15) is 0 Å². The predicted octanol–water partition coefficient (Wildman–Crippen LogP) is 6.35.